The van der Waals surface area contributed by atoms with Crippen LogP contribution >= 0.6 is 11.6 Å². The minimum atomic E-state index is -0.221. The molecule has 5 heteroatoms. The molecule has 2 N–H and O–H groups in total. The predicted octanol–water partition coefficient (Wildman–Crippen LogP) is 4.03. The van der Waals surface area contributed by atoms with Gasteiger partial charge in [0.05, 0.1) is 12.7 Å². The van der Waals surface area contributed by atoms with E-state index in [1.807, 2.05) is 19.1 Å². The first-order valence-electron chi connectivity index (χ1n) is 6.63. The van der Waals surface area contributed by atoms with Crippen LogP contribution in [0.5, 0.6) is 5.75 Å². The van der Waals surface area contributed by atoms with Crippen molar-refractivity contribution in [1.29, 1.82) is 0 Å². The van der Waals surface area contributed by atoms with Crippen molar-refractivity contribution in [2.24, 2.45) is 0 Å². The standard InChI is InChI=1S/C16H17ClN2O2/c1-3-18-15-8-7-11(17)9-14(15)16(20)19-12-5-4-6-13(10-12)21-2/h4-10,18H,3H2,1-2H3,(H,19,20). The topological polar surface area (TPSA) is 50.4 Å². The second-order valence-corrected chi connectivity index (χ2v) is 4.84. The molecule has 0 aliphatic heterocycles. The normalized spacial score (nSPS) is 10.0. The molecule has 2 rings (SSSR count). The van der Waals surface area contributed by atoms with Crippen molar-refractivity contribution in [2.45, 2.75) is 6.92 Å². The van der Waals surface area contributed by atoms with Crippen LogP contribution in [0.2, 0.25) is 5.02 Å². The third-order valence-electron chi connectivity index (χ3n) is 2.92. The molecule has 2 aromatic carbocycles. The number of amides is 1. The van der Waals surface area contributed by atoms with E-state index < -0.39 is 0 Å². The predicted molar refractivity (Wildman–Crippen MR) is 86.6 cm³/mol. The second kappa shape index (κ2) is 6.99. The van der Waals surface area contributed by atoms with E-state index in [2.05, 4.69) is 10.6 Å². The lowest BCUT2D eigenvalue weighted by molar-refractivity contribution is 0.102. The molecule has 0 atom stereocenters. The number of benzene rings is 2. The van der Waals surface area contributed by atoms with Crippen molar-refractivity contribution >= 4 is 28.9 Å². The van der Waals surface area contributed by atoms with E-state index in [0.717, 1.165) is 12.2 Å². The zero-order chi connectivity index (χ0) is 15.2. The number of carbonyl (C=O) groups excluding carboxylic acids is 1. The van der Waals surface area contributed by atoms with Crippen LogP contribution in [0, 0.1) is 0 Å². The van der Waals surface area contributed by atoms with Crippen LogP contribution in [-0.4, -0.2) is 19.6 Å². The monoisotopic (exact) mass is 304 g/mol. The number of anilines is 2. The van der Waals surface area contributed by atoms with E-state index >= 15 is 0 Å². The van der Waals surface area contributed by atoms with Crippen molar-refractivity contribution in [3.63, 3.8) is 0 Å². The summed E-state index contributed by atoms with van der Waals surface area (Å²) in [6, 6.07) is 12.4. The molecule has 0 aliphatic carbocycles. The largest absolute Gasteiger partial charge is 0.497 e. The highest BCUT2D eigenvalue weighted by atomic mass is 35.5. The highest BCUT2D eigenvalue weighted by Gasteiger charge is 2.12. The Bertz CT molecular complexity index is 644. The summed E-state index contributed by atoms with van der Waals surface area (Å²) in [6.45, 7) is 2.69. The zero-order valence-electron chi connectivity index (χ0n) is 11.9. The summed E-state index contributed by atoms with van der Waals surface area (Å²) in [5.41, 5.74) is 1.93. The quantitative estimate of drug-likeness (QED) is 0.876. The maximum Gasteiger partial charge on any atom is 0.257 e. The summed E-state index contributed by atoms with van der Waals surface area (Å²) < 4.78 is 5.14. The van der Waals surface area contributed by atoms with E-state index in [4.69, 9.17) is 16.3 Å². The molecule has 0 bridgehead atoms. The maximum absolute atomic E-state index is 12.4. The average Bonchev–Trinajstić information content (AvgIpc) is 2.49. The van der Waals surface area contributed by atoms with Crippen LogP contribution in [-0.2, 0) is 0 Å². The molecule has 0 aliphatic rings. The molecule has 0 unspecified atom stereocenters. The van der Waals surface area contributed by atoms with Gasteiger partial charge in [0, 0.05) is 29.0 Å². The number of hydrogen-bond donors (Lipinski definition) is 2. The van der Waals surface area contributed by atoms with Crippen LogP contribution in [0.1, 0.15) is 17.3 Å². The molecule has 2 aromatic rings. The molecule has 110 valence electrons. The van der Waals surface area contributed by atoms with Crippen LogP contribution < -0.4 is 15.4 Å². The van der Waals surface area contributed by atoms with Crippen LogP contribution in [0.25, 0.3) is 0 Å². The van der Waals surface area contributed by atoms with E-state index in [1.54, 1.807) is 37.4 Å². The number of nitrogens with one attached hydrogen (secondary N) is 2. The highest BCUT2D eigenvalue weighted by Crippen LogP contribution is 2.23. The van der Waals surface area contributed by atoms with Gasteiger partial charge in [0.1, 0.15) is 5.75 Å². The van der Waals surface area contributed by atoms with E-state index in [9.17, 15) is 4.79 Å². The molecule has 0 fully saturated rings. The molecule has 4 nitrogen and oxygen atoms in total. The van der Waals surface area contributed by atoms with Gasteiger partial charge in [-0.25, -0.2) is 0 Å². The van der Waals surface area contributed by atoms with Crippen LogP contribution in [0.15, 0.2) is 42.5 Å². The summed E-state index contributed by atoms with van der Waals surface area (Å²) in [4.78, 5) is 12.4. The Kier molecular flexibility index (Phi) is 5.06. The van der Waals surface area contributed by atoms with Gasteiger partial charge < -0.3 is 15.4 Å². The molecule has 0 spiro atoms. The fraction of sp³-hybridized carbons (Fsp3) is 0.188. The SMILES string of the molecule is CCNc1ccc(Cl)cc1C(=O)Nc1cccc(OC)c1. The van der Waals surface area contributed by atoms with Gasteiger partial charge in [0.25, 0.3) is 5.91 Å². The fourth-order valence-electron chi connectivity index (χ4n) is 1.95. The number of hydrogen-bond acceptors (Lipinski definition) is 3. The molecule has 0 saturated heterocycles. The molecular weight excluding hydrogens is 288 g/mol. The van der Waals surface area contributed by atoms with Gasteiger partial charge in [-0.05, 0) is 37.3 Å². The van der Waals surface area contributed by atoms with Gasteiger partial charge in [0.2, 0.25) is 0 Å². The molecular formula is C16H17ClN2O2. The third kappa shape index (κ3) is 3.89. The smallest absolute Gasteiger partial charge is 0.257 e. The van der Waals surface area contributed by atoms with Gasteiger partial charge >= 0.3 is 0 Å². The highest BCUT2D eigenvalue weighted by molar-refractivity contribution is 6.31. The number of carbonyl (C=O) groups is 1. The number of ether oxygens (including phenoxy) is 1. The van der Waals surface area contributed by atoms with Crippen molar-refractivity contribution in [3.05, 3.63) is 53.1 Å². The lowest BCUT2D eigenvalue weighted by Gasteiger charge is -2.12. The Morgan fingerprint density at radius 2 is 2.05 bits per heavy atom. The van der Waals surface area contributed by atoms with Crippen molar-refractivity contribution in [1.82, 2.24) is 0 Å². The lowest BCUT2D eigenvalue weighted by Crippen LogP contribution is -2.14. The number of rotatable bonds is 5. The first-order chi connectivity index (χ1) is 10.1. The lowest BCUT2D eigenvalue weighted by atomic mass is 10.1. The minimum Gasteiger partial charge on any atom is -0.497 e. The summed E-state index contributed by atoms with van der Waals surface area (Å²) in [7, 11) is 1.58. The van der Waals surface area contributed by atoms with Gasteiger partial charge in [0.15, 0.2) is 0 Å². The van der Waals surface area contributed by atoms with Gasteiger partial charge in [-0.2, -0.15) is 0 Å². The Hall–Kier alpha value is -2.20. The Labute approximate surface area is 129 Å². The number of halogens is 1. The van der Waals surface area contributed by atoms with Crippen LogP contribution in [0.4, 0.5) is 11.4 Å². The van der Waals surface area contributed by atoms with Crippen molar-refractivity contribution in [2.75, 3.05) is 24.3 Å². The molecule has 1 amide bonds. The fourth-order valence-corrected chi connectivity index (χ4v) is 2.12. The zero-order valence-corrected chi connectivity index (χ0v) is 12.7. The average molecular weight is 305 g/mol. The van der Waals surface area contributed by atoms with Crippen molar-refractivity contribution < 1.29 is 9.53 Å². The third-order valence-corrected chi connectivity index (χ3v) is 3.16. The molecule has 0 aromatic heterocycles. The van der Waals surface area contributed by atoms with E-state index in [-0.39, 0.29) is 5.91 Å². The Balaban J connectivity index is 2.25. The Morgan fingerprint density at radius 1 is 1.24 bits per heavy atom. The molecule has 0 radical (unpaired) electrons. The summed E-state index contributed by atoms with van der Waals surface area (Å²) in [5, 5.41) is 6.51. The molecule has 21 heavy (non-hydrogen) atoms. The Morgan fingerprint density at radius 3 is 2.76 bits per heavy atom. The van der Waals surface area contributed by atoms with Gasteiger partial charge in [-0.15, -0.1) is 0 Å². The van der Waals surface area contributed by atoms with Crippen LogP contribution in [0.3, 0.4) is 0 Å². The van der Waals surface area contributed by atoms with E-state index in [0.29, 0.717) is 22.0 Å². The second-order valence-electron chi connectivity index (χ2n) is 4.41. The molecule has 0 saturated carbocycles. The van der Waals surface area contributed by atoms with Gasteiger partial charge in [-0.3, -0.25) is 4.79 Å². The summed E-state index contributed by atoms with van der Waals surface area (Å²) in [6.07, 6.45) is 0. The van der Waals surface area contributed by atoms with E-state index in [1.165, 1.54) is 0 Å². The van der Waals surface area contributed by atoms with Crippen molar-refractivity contribution in [3.8, 4) is 5.75 Å². The summed E-state index contributed by atoms with van der Waals surface area (Å²) in [5.74, 6) is 0.465. The first kappa shape index (κ1) is 15.2. The molecule has 0 heterocycles. The minimum absolute atomic E-state index is 0.221. The summed E-state index contributed by atoms with van der Waals surface area (Å²) >= 11 is 5.98. The maximum atomic E-state index is 12.4. The van der Waals surface area contributed by atoms with Gasteiger partial charge in [-0.1, -0.05) is 17.7 Å². The first-order valence-corrected chi connectivity index (χ1v) is 7.00. The number of methoxy groups -OCH3 is 1.